The highest BCUT2D eigenvalue weighted by atomic mass is 35.5. The van der Waals surface area contributed by atoms with E-state index in [0.717, 1.165) is 12.1 Å². The molecule has 22 heavy (non-hydrogen) atoms. The standard InChI is InChI=1S/C13H16F3N3O2.ClH/c14-13(15,16)10-5-2-1-4-9(10)12(21)19-8-11(20)18-7-3-6-17;/h1-2,4-5H,3,6-8,17H2,(H,18,20)(H,19,21);1H. The summed E-state index contributed by atoms with van der Waals surface area (Å²) in [6.07, 6.45) is -4.05. The lowest BCUT2D eigenvalue weighted by Gasteiger charge is -2.12. The molecule has 0 unspecified atom stereocenters. The number of carbonyl (C=O) groups excluding carboxylic acids is 2. The van der Waals surface area contributed by atoms with E-state index in [1.165, 1.54) is 12.1 Å². The van der Waals surface area contributed by atoms with Crippen molar-refractivity contribution in [2.75, 3.05) is 19.6 Å². The van der Waals surface area contributed by atoms with Crippen molar-refractivity contribution in [2.45, 2.75) is 12.6 Å². The summed E-state index contributed by atoms with van der Waals surface area (Å²) < 4.78 is 38.2. The number of carbonyl (C=O) groups is 2. The monoisotopic (exact) mass is 339 g/mol. The van der Waals surface area contributed by atoms with E-state index >= 15 is 0 Å². The van der Waals surface area contributed by atoms with Gasteiger partial charge in [0.1, 0.15) is 0 Å². The Balaban J connectivity index is 0.00000441. The van der Waals surface area contributed by atoms with Gasteiger partial charge in [-0.15, -0.1) is 12.4 Å². The molecule has 0 spiro atoms. The minimum atomic E-state index is -4.63. The predicted octanol–water partition coefficient (Wildman–Crippen LogP) is 1.32. The van der Waals surface area contributed by atoms with Gasteiger partial charge in [0, 0.05) is 6.54 Å². The first-order valence-electron chi connectivity index (χ1n) is 6.27. The Kier molecular flexibility index (Phi) is 8.51. The molecule has 0 bridgehead atoms. The summed E-state index contributed by atoms with van der Waals surface area (Å²) in [5.74, 6) is -1.43. The number of rotatable bonds is 6. The molecule has 1 aromatic rings. The van der Waals surface area contributed by atoms with E-state index in [4.69, 9.17) is 5.73 Å². The lowest BCUT2D eigenvalue weighted by molar-refractivity contribution is -0.137. The Hall–Kier alpha value is -1.80. The summed E-state index contributed by atoms with van der Waals surface area (Å²) in [6, 6.07) is 4.39. The van der Waals surface area contributed by atoms with E-state index in [-0.39, 0.29) is 12.4 Å². The Bertz CT molecular complexity index is 510. The molecule has 0 aliphatic carbocycles. The van der Waals surface area contributed by atoms with Crippen LogP contribution in [0.15, 0.2) is 24.3 Å². The number of amides is 2. The van der Waals surface area contributed by atoms with Crippen LogP contribution in [0.4, 0.5) is 13.2 Å². The van der Waals surface area contributed by atoms with Crippen LogP contribution >= 0.6 is 12.4 Å². The highest BCUT2D eigenvalue weighted by molar-refractivity contribution is 5.97. The molecule has 0 aromatic heterocycles. The maximum atomic E-state index is 12.7. The van der Waals surface area contributed by atoms with Crippen LogP contribution in [-0.4, -0.2) is 31.4 Å². The zero-order valence-corrected chi connectivity index (χ0v) is 12.4. The van der Waals surface area contributed by atoms with E-state index in [1.54, 1.807) is 0 Å². The molecule has 0 radical (unpaired) electrons. The highest BCUT2D eigenvalue weighted by Gasteiger charge is 2.34. The van der Waals surface area contributed by atoms with Crippen molar-refractivity contribution in [3.63, 3.8) is 0 Å². The smallest absolute Gasteiger partial charge is 0.355 e. The summed E-state index contributed by atoms with van der Waals surface area (Å²) in [4.78, 5) is 23.1. The molecule has 0 saturated carbocycles. The first-order chi connectivity index (χ1) is 9.86. The van der Waals surface area contributed by atoms with Crippen LogP contribution in [-0.2, 0) is 11.0 Å². The minimum absolute atomic E-state index is 0. The molecule has 0 fully saturated rings. The number of nitrogens with one attached hydrogen (secondary N) is 2. The fraction of sp³-hybridized carbons (Fsp3) is 0.385. The first kappa shape index (κ1) is 20.2. The largest absolute Gasteiger partial charge is 0.417 e. The van der Waals surface area contributed by atoms with Crippen LogP contribution in [0, 0.1) is 0 Å². The van der Waals surface area contributed by atoms with E-state index in [2.05, 4.69) is 10.6 Å². The maximum Gasteiger partial charge on any atom is 0.417 e. The Morgan fingerprint density at radius 2 is 1.77 bits per heavy atom. The van der Waals surface area contributed by atoms with Gasteiger partial charge in [-0.05, 0) is 25.1 Å². The van der Waals surface area contributed by atoms with Gasteiger partial charge in [0.05, 0.1) is 17.7 Å². The minimum Gasteiger partial charge on any atom is -0.355 e. The van der Waals surface area contributed by atoms with Crippen molar-refractivity contribution in [2.24, 2.45) is 5.73 Å². The second-order valence-corrected chi connectivity index (χ2v) is 4.22. The van der Waals surface area contributed by atoms with Crippen LogP contribution in [0.3, 0.4) is 0 Å². The average Bonchev–Trinajstić information content (AvgIpc) is 2.44. The molecule has 2 amide bonds. The predicted molar refractivity (Wildman–Crippen MR) is 77.7 cm³/mol. The molecule has 124 valence electrons. The summed E-state index contributed by atoms with van der Waals surface area (Å²) in [6.45, 7) is 0.367. The van der Waals surface area contributed by atoms with Gasteiger partial charge in [-0.2, -0.15) is 13.2 Å². The Morgan fingerprint density at radius 3 is 2.36 bits per heavy atom. The Morgan fingerprint density at radius 1 is 1.14 bits per heavy atom. The van der Waals surface area contributed by atoms with Crippen LogP contribution < -0.4 is 16.4 Å². The quantitative estimate of drug-likeness (QED) is 0.683. The summed E-state index contributed by atoms with van der Waals surface area (Å²) in [7, 11) is 0. The normalized spacial score (nSPS) is 10.5. The molecular weight excluding hydrogens is 323 g/mol. The molecule has 0 saturated heterocycles. The molecule has 1 rings (SSSR count). The molecule has 0 aliphatic heterocycles. The number of hydrogen-bond acceptors (Lipinski definition) is 3. The topological polar surface area (TPSA) is 84.2 Å². The van der Waals surface area contributed by atoms with Gasteiger partial charge in [-0.3, -0.25) is 9.59 Å². The van der Waals surface area contributed by atoms with Gasteiger partial charge in [-0.25, -0.2) is 0 Å². The van der Waals surface area contributed by atoms with Gasteiger partial charge < -0.3 is 16.4 Å². The average molecular weight is 340 g/mol. The third-order valence-electron chi connectivity index (χ3n) is 2.59. The van der Waals surface area contributed by atoms with Crippen molar-refractivity contribution in [1.82, 2.24) is 10.6 Å². The summed E-state index contributed by atoms with van der Waals surface area (Å²) in [5.41, 5.74) is 3.69. The number of halogens is 4. The van der Waals surface area contributed by atoms with Gasteiger partial charge in [0.15, 0.2) is 0 Å². The van der Waals surface area contributed by atoms with Gasteiger partial charge >= 0.3 is 6.18 Å². The van der Waals surface area contributed by atoms with Crippen molar-refractivity contribution in [3.05, 3.63) is 35.4 Å². The second-order valence-electron chi connectivity index (χ2n) is 4.22. The molecule has 9 heteroatoms. The fourth-order valence-corrected chi connectivity index (χ4v) is 1.58. The van der Waals surface area contributed by atoms with Crippen LogP contribution in [0.2, 0.25) is 0 Å². The maximum absolute atomic E-state index is 12.7. The summed E-state index contributed by atoms with van der Waals surface area (Å²) >= 11 is 0. The zero-order chi connectivity index (χ0) is 15.9. The van der Waals surface area contributed by atoms with Crippen molar-refractivity contribution in [1.29, 1.82) is 0 Å². The molecule has 0 aliphatic rings. The molecule has 4 N–H and O–H groups in total. The molecular formula is C13H17ClF3N3O2. The van der Waals surface area contributed by atoms with Crippen LogP contribution in [0.1, 0.15) is 22.3 Å². The number of alkyl halides is 3. The molecule has 0 heterocycles. The van der Waals surface area contributed by atoms with Crippen molar-refractivity contribution >= 4 is 24.2 Å². The fourth-order valence-electron chi connectivity index (χ4n) is 1.58. The number of benzene rings is 1. The lowest BCUT2D eigenvalue weighted by Crippen LogP contribution is -2.38. The van der Waals surface area contributed by atoms with Gasteiger partial charge in [-0.1, -0.05) is 12.1 Å². The number of hydrogen-bond donors (Lipinski definition) is 3. The van der Waals surface area contributed by atoms with E-state index < -0.39 is 35.7 Å². The van der Waals surface area contributed by atoms with Gasteiger partial charge in [0.2, 0.25) is 5.91 Å². The van der Waals surface area contributed by atoms with Crippen LogP contribution in [0.25, 0.3) is 0 Å². The molecule has 5 nitrogen and oxygen atoms in total. The second kappa shape index (κ2) is 9.26. The highest BCUT2D eigenvalue weighted by Crippen LogP contribution is 2.31. The SMILES string of the molecule is Cl.NCCCNC(=O)CNC(=O)c1ccccc1C(F)(F)F. The lowest BCUT2D eigenvalue weighted by atomic mass is 10.1. The summed E-state index contributed by atoms with van der Waals surface area (Å²) in [5, 5.41) is 4.64. The van der Waals surface area contributed by atoms with E-state index in [1.807, 2.05) is 0 Å². The van der Waals surface area contributed by atoms with E-state index in [9.17, 15) is 22.8 Å². The Labute approximate surface area is 131 Å². The third-order valence-corrected chi connectivity index (χ3v) is 2.59. The molecule has 0 atom stereocenters. The van der Waals surface area contributed by atoms with Crippen LogP contribution in [0.5, 0.6) is 0 Å². The van der Waals surface area contributed by atoms with Gasteiger partial charge in [0.25, 0.3) is 5.91 Å². The van der Waals surface area contributed by atoms with Crippen molar-refractivity contribution in [3.8, 4) is 0 Å². The van der Waals surface area contributed by atoms with Crippen molar-refractivity contribution < 1.29 is 22.8 Å². The van der Waals surface area contributed by atoms with E-state index in [0.29, 0.717) is 19.5 Å². The first-order valence-corrected chi connectivity index (χ1v) is 6.27. The molecule has 1 aromatic carbocycles. The third kappa shape index (κ3) is 6.31. The number of nitrogens with two attached hydrogens (primary N) is 1. The zero-order valence-electron chi connectivity index (χ0n) is 11.6.